The number of nitrogens with two attached hydrogens (primary N) is 1. The maximum Gasteiger partial charge on any atom is 0.254 e. The van der Waals surface area contributed by atoms with E-state index in [0.717, 1.165) is 17.5 Å². The van der Waals surface area contributed by atoms with E-state index in [1.807, 2.05) is 66.4 Å². The number of rotatable bonds is 10. The van der Waals surface area contributed by atoms with Crippen LogP contribution in [-0.4, -0.2) is 23.9 Å². The molecular weight excluding hydrogens is 496 g/mol. The number of amides is 1. The maximum absolute atomic E-state index is 14.0. The highest BCUT2D eigenvalue weighted by Gasteiger charge is 2.34. The quantitative estimate of drug-likeness (QED) is 0.241. The molecule has 0 saturated carbocycles. The van der Waals surface area contributed by atoms with Gasteiger partial charge in [0, 0.05) is 35.2 Å². The van der Waals surface area contributed by atoms with Crippen LogP contribution < -0.4 is 11.2 Å². The minimum absolute atomic E-state index is 0.0106. The first-order valence-corrected chi connectivity index (χ1v) is 13.6. The van der Waals surface area contributed by atoms with Crippen molar-refractivity contribution in [3.63, 3.8) is 0 Å². The lowest BCUT2D eigenvalue weighted by Gasteiger charge is -2.36. The van der Waals surface area contributed by atoms with Crippen molar-refractivity contribution >= 4 is 28.5 Å². The van der Waals surface area contributed by atoms with Crippen LogP contribution in [0.15, 0.2) is 82.0 Å². The Bertz CT molecular complexity index is 1450. The molecule has 5 nitrogen and oxygen atoms in total. The van der Waals surface area contributed by atoms with Gasteiger partial charge in [-0.25, -0.2) is 0 Å². The molecule has 1 amide bonds. The first kappa shape index (κ1) is 27.6. The van der Waals surface area contributed by atoms with Crippen LogP contribution in [0.5, 0.6) is 0 Å². The lowest BCUT2D eigenvalue weighted by Crippen LogP contribution is -2.40. The normalized spacial score (nSPS) is 12.9. The number of hydrogen-bond donors (Lipinski definition) is 1. The summed E-state index contributed by atoms with van der Waals surface area (Å²) in [6.07, 6.45) is 1.81. The third kappa shape index (κ3) is 6.01. The van der Waals surface area contributed by atoms with Gasteiger partial charge in [0.05, 0.1) is 11.4 Å². The molecular formula is C32H35ClN2O3. The number of hydrogen-bond acceptors (Lipinski definition) is 4. The molecule has 3 aromatic carbocycles. The third-order valence-electron chi connectivity index (χ3n) is 7.15. The van der Waals surface area contributed by atoms with Crippen LogP contribution in [-0.2, 0) is 6.42 Å². The van der Waals surface area contributed by atoms with Gasteiger partial charge >= 0.3 is 0 Å². The van der Waals surface area contributed by atoms with Crippen molar-refractivity contribution in [2.24, 2.45) is 11.7 Å². The van der Waals surface area contributed by atoms with E-state index in [2.05, 4.69) is 13.8 Å². The summed E-state index contributed by atoms with van der Waals surface area (Å²) in [6.45, 7) is 7.06. The molecule has 0 fully saturated rings. The van der Waals surface area contributed by atoms with Crippen LogP contribution >= 0.6 is 11.6 Å². The summed E-state index contributed by atoms with van der Waals surface area (Å²) in [5.41, 5.74) is 9.46. The summed E-state index contributed by atoms with van der Waals surface area (Å²) >= 11 is 6.30. The van der Waals surface area contributed by atoms with E-state index in [1.54, 1.807) is 18.2 Å². The highest BCUT2D eigenvalue weighted by atomic mass is 35.5. The molecule has 0 saturated heterocycles. The Labute approximate surface area is 229 Å². The number of carbonyl (C=O) groups is 1. The zero-order chi connectivity index (χ0) is 27.2. The zero-order valence-corrected chi connectivity index (χ0v) is 23.0. The number of fused-ring (bicyclic) bond motifs is 1. The summed E-state index contributed by atoms with van der Waals surface area (Å²) < 4.78 is 6.57. The molecule has 0 aliphatic heterocycles. The lowest BCUT2D eigenvalue weighted by molar-refractivity contribution is 0.0571. The molecule has 2 unspecified atom stereocenters. The summed E-state index contributed by atoms with van der Waals surface area (Å²) in [4.78, 5) is 29.8. The van der Waals surface area contributed by atoms with Crippen molar-refractivity contribution in [1.82, 2.24) is 4.90 Å². The fourth-order valence-corrected chi connectivity index (χ4v) is 5.01. The van der Waals surface area contributed by atoms with Gasteiger partial charge in [-0.2, -0.15) is 0 Å². The van der Waals surface area contributed by atoms with Crippen LogP contribution in [0, 0.1) is 12.8 Å². The van der Waals surface area contributed by atoms with Gasteiger partial charge in [-0.1, -0.05) is 79.9 Å². The van der Waals surface area contributed by atoms with E-state index in [1.165, 1.54) is 0 Å². The second-order valence-corrected chi connectivity index (χ2v) is 10.4. The molecule has 1 heterocycles. The summed E-state index contributed by atoms with van der Waals surface area (Å²) in [5.74, 6) is 0.417. The topological polar surface area (TPSA) is 76.5 Å². The molecule has 4 aromatic rings. The lowest BCUT2D eigenvalue weighted by atomic mass is 9.89. The van der Waals surface area contributed by atoms with Gasteiger partial charge in [-0.3, -0.25) is 9.59 Å². The predicted octanol–water partition coefficient (Wildman–Crippen LogP) is 6.92. The van der Waals surface area contributed by atoms with Crippen LogP contribution in [0.4, 0.5) is 0 Å². The number of halogens is 1. The Balaban J connectivity index is 1.95. The fraction of sp³-hybridized carbons (Fsp3) is 0.312. The van der Waals surface area contributed by atoms with Crippen LogP contribution in [0.25, 0.3) is 11.0 Å². The average molecular weight is 531 g/mol. The van der Waals surface area contributed by atoms with E-state index in [-0.39, 0.29) is 17.3 Å². The van der Waals surface area contributed by atoms with Crippen molar-refractivity contribution in [2.75, 3.05) is 13.1 Å². The van der Waals surface area contributed by atoms with Gasteiger partial charge in [-0.05, 0) is 55.6 Å². The van der Waals surface area contributed by atoms with E-state index < -0.39 is 6.04 Å². The minimum atomic E-state index is -0.463. The summed E-state index contributed by atoms with van der Waals surface area (Å²) in [7, 11) is 0. The van der Waals surface area contributed by atoms with Gasteiger partial charge in [0.25, 0.3) is 5.91 Å². The molecule has 0 aliphatic rings. The second kappa shape index (κ2) is 12.4. The van der Waals surface area contributed by atoms with Gasteiger partial charge in [0.1, 0.15) is 11.3 Å². The Morgan fingerprint density at radius 2 is 1.76 bits per heavy atom. The van der Waals surface area contributed by atoms with Crippen molar-refractivity contribution in [3.8, 4) is 0 Å². The number of carbonyl (C=O) groups excluding carboxylic acids is 1. The van der Waals surface area contributed by atoms with Gasteiger partial charge in [-0.15, -0.1) is 0 Å². The van der Waals surface area contributed by atoms with Gasteiger partial charge in [0.2, 0.25) is 0 Å². The SMILES string of the molecule is CCC(C)C(c1oc2cc(Cl)ccc2c(=O)c1Cc1ccccc1)N(CCCN)C(=O)c1ccc(C)cc1. The Morgan fingerprint density at radius 3 is 2.42 bits per heavy atom. The zero-order valence-electron chi connectivity index (χ0n) is 22.2. The number of aryl methyl sites for hydroxylation is 1. The van der Waals surface area contributed by atoms with Gasteiger partial charge in [0.15, 0.2) is 5.43 Å². The average Bonchev–Trinajstić information content (AvgIpc) is 2.93. The first-order valence-electron chi connectivity index (χ1n) is 13.2. The monoisotopic (exact) mass is 530 g/mol. The standard InChI is InChI=1S/C32H35ClN2O3/c1-4-22(3)29(35(18-8-17-34)32(37)24-13-11-21(2)12-14-24)31-27(19-23-9-6-5-7-10-23)30(36)26-16-15-25(33)20-28(26)38-31/h5-7,9-16,20,22,29H,4,8,17-19,34H2,1-3H3. The molecule has 4 rings (SSSR count). The summed E-state index contributed by atoms with van der Waals surface area (Å²) in [5, 5.41) is 0.962. The number of nitrogens with zero attached hydrogens (tertiary/aromatic N) is 1. The molecule has 1 aromatic heterocycles. The van der Waals surface area contributed by atoms with Crippen molar-refractivity contribution < 1.29 is 9.21 Å². The molecule has 6 heteroatoms. The fourth-order valence-electron chi connectivity index (χ4n) is 4.85. The van der Waals surface area contributed by atoms with Crippen LogP contribution in [0.1, 0.15) is 65.5 Å². The van der Waals surface area contributed by atoms with Crippen molar-refractivity contribution in [2.45, 2.75) is 46.1 Å². The van der Waals surface area contributed by atoms with E-state index >= 15 is 0 Å². The molecule has 2 atom stereocenters. The maximum atomic E-state index is 14.0. The van der Waals surface area contributed by atoms with Crippen molar-refractivity contribution in [1.29, 1.82) is 0 Å². The van der Waals surface area contributed by atoms with Crippen LogP contribution in [0.3, 0.4) is 0 Å². The van der Waals surface area contributed by atoms with E-state index in [0.29, 0.717) is 58.8 Å². The first-order chi connectivity index (χ1) is 18.3. The highest BCUT2D eigenvalue weighted by Crippen LogP contribution is 2.36. The highest BCUT2D eigenvalue weighted by molar-refractivity contribution is 6.31. The Hall–Kier alpha value is -3.41. The largest absolute Gasteiger partial charge is 0.458 e. The molecule has 2 N–H and O–H groups in total. The molecule has 0 bridgehead atoms. The second-order valence-electron chi connectivity index (χ2n) is 9.91. The number of benzene rings is 3. The smallest absolute Gasteiger partial charge is 0.254 e. The Morgan fingerprint density at radius 1 is 1.05 bits per heavy atom. The van der Waals surface area contributed by atoms with Gasteiger partial charge < -0.3 is 15.1 Å². The van der Waals surface area contributed by atoms with E-state index in [9.17, 15) is 9.59 Å². The molecule has 0 spiro atoms. The minimum Gasteiger partial charge on any atom is -0.458 e. The van der Waals surface area contributed by atoms with Crippen LogP contribution in [0.2, 0.25) is 5.02 Å². The predicted molar refractivity (Wildman–Crippen MR) is 155 cm³/mol. The molecule has 0 radical (unpaired) electrons. The molecule has 0 aliphatic carbocycles. The molecule has 198 valence electrons. The Kier molecular flexibility index (Phi) is 9.03. The van der Waals surface area contributed by atoms with Crippen molar-refractivity contribution in [3.05, 3.63) is 116 Å². The third-order valence-corrected chi connectivity index (χ3v) is 7.39. The van der Waals surface area contributed by atoms with E-state index in [4.69, 9.17) is 21.8 Å². The molecule has 38 heavy (non-hydrogen) atoms. The summed E-state index contributed by atoms with van der Waals surface area (Å²) in [6, 6.07) is 22.1.